The van der Waals surface area contributed by atoms with Crippen LogP contribution in [0.4, 0.5) is 22.7 Å². The van der Waals surface area contributed by atoms with Gasteiger partial charge in [0.2, 0.25) is 0 Å². The summed E-state index contributed by atoms with van der Waals surface area (Å²) >= 11 is 3.41. The minimum absolute atomic E-state index is 0.119. The van der Waals surface area contributed by atoms with Crippen molar-refractivity contribution in [3.8, 4) is 34.4 Å². The van der Waals surface area contributed by atoms with Crippen molar-refractivity contribution in [1.82, 2.24) is 0 Å². The van der Waals surface area contributed by atoms with E-state index < -0.39 is 0 Å². The molecule has 0 radical (unpaired) electrons. The van der Waals surface area contributed by atoms with E-state index in [0.717, 1.165) is 22.7 Å². The minimum atomic E-state index is -0.119. The minimum Gasteiger partial charge on any atom is -0.360 e. The predicted molar refractivity (Wildman–Crippen MR) is 145 cm³/mol. The SMILES string of the molecule is N#Cc1ccc(N2B3c4c(cccc4-c4cscc4N3c3ccc(C#N)cc3)-c3cscc32)cc1. The number of nitrogens with zero attached hydrogens (tertiary/aromatic N) is 4. The lowest BCUT2D eigenvalue weighted by Crippen LogP contribution is -2.61. The number of thiophene rings is 2. The van der Waals surface area contributed by atoms with Crippen LogP contribution in [-0.4, -0.2) is 6.98 Å². The molecular formula is C28H15BN4S2. The van der Waals surface area contributed by atoms with Gasteiger partial charge in [0.25, 0.3) is 0 Å². The quantitative estimate of drug-likeness (QED) is 0.257. The second kappa shape index (κ2) is 7.61. The van der Waals surface area contributed by atoms with Gasteiger partial charge in [0, 0.05) is 55.4 Å². The third-order valence-electron chi connectivity index (χ3n) is 6.79. The summed E-state index contributed by atoms with van der Waals surface area (Å²) in [4.78, 5) is 4.77. The number of nitriles is 2. The van der Waals surface area contributed by atoms with Crippen LogP contribution in [0.1, 0.15) is 11.1 Å². The Morgan fingerprint density at radius 2 is 1.03 bits per heavy atom. The molecule has 0 fully saturated rings. The average Bonchev–Trinajstić information content (AvgIpc) is 3.60. The van der Waals surface area contributed by atoms with E-state index in [1.165, 1.54) is 27.7 Å². The molecule has 7 rings (SSSR count). The molecular weight excluding hydrogens is 467 g/mol. The zero-order valence-corrected chi connectivity index (χ0v) is 20.0. The van der Waals surface area contributed by atoms with Gasteiger partial charge >= 0.3 is 6.98 Å². The van der Waals surface area contributed by atoms with E-state index in [0.29, 0.717) is 11.1 Å². The van der Waals surface area contributed by atoms with E-state index in [2.05, 4.69) is 61.5 Å². The summed E-state index contributed by atoms with van der Waals surface area (Å²) in [6.45, 7) is -0.119. The van der Waals surface area contributed by atoms with Crippen molar-refractivity contribution in [2.45, 2.75) is 0 Å². The molecule has 3 aromatic carbocycles. The first-order chi connectivity index (χ1) is 17.3. The molecule has 2 aliphatic rings. The van der Waals surface area contributed by atoms with Crippen molar-refractivity contribution in [3.63, 3.8) is 0 Å². The average molecular weight is 482 g/mol. The Bertz CT molecular complexity index is 1560. The fraction of sp³-hybridized carbons (Fsp3) is 0. The normalized spacial score (nSPS) is 12.9. The van der Waals surface area contributed by atoms with Crippen LogP contribution < -0.4 is 15.1 Å². The van der Waals surface area contributed by atoms with Gasteiger partial charge < -0.3 is 9.62 Å². The molecule has 0 unspecified atom stereocenters. The highest BCUT2D eigenvalue weighted by Gasteiger charge is 2.47. The summed E-state index contributed by atoms with van der Waals surface area (Å²) in [6.07, 6.45) is 0. The van der Waals surface area contributed by atoms with Crippen molar-refractivity contribution in [2.24, 2.45) is 0 Å². The molecule has 35 heavy (non-hydrogen) atoms. The number of anilines is 4. The topological polar surface area (TPSA) is 54.1 Å². The van der Waals surface area contributed by atoms with Crippen molar-refractivity contribution >= 4 is 57.9 Å². The zero-order valence-electron chi connectivity index (χ0n) is 18.3. The molecule has 0 aliphatic carbocycles. The smallest absolute Gasteiger partial charge is 0.360 e. The molecule has 0 N–H and O–H groups in total. The van der Waals surface area contributed by atoms with E-state index >= 15 is 0 Å². The largest absolute Gasteiger partial charge is 0.421 e. The molecule has 162 valence electrons. The van der Waals surface area contributed by atoms with Crippen LogP contribution in [0.3, 0.4) is 0 Å². The fourth-order valence-electron chi connectivity index (χ4n) is 5.26. The van der Waals surface area contributed by atoms with E-state index in [1.807, 2.05) is 48.5 Å². The van der Waals surface area contributed by atoms with Gasteiger partial charge in [-0.1, -0.05) is 18.2 Å². The molecule has 0 saturated carbocycles. The maximum atomic E-state index is 9.36. The van der Waals surface area contributed by atoms with Crippen LogP contribution in [0.15, 0.2) is 88.3 Å². The lowest BCUT2D eigenvalue weighted by Gasteiger charge is -2.46. The summed E-state index contributed by atoms with van der Waals surface area (Å²) in [6, 6.07) is 26.7. The molecule has 0 saturated heterocycles. The van der Waals surface area contributed by atoms with Gasteiger partial charge in [0.05, 0.1) is 23.3 Å². The second-order valence-electron chi connectivity index (χ2n) is 8.54. The predicted octanol–water partition coefficient (Wildman–Crippen LogP) is 6.89. The van der Waals surface area contributed by atoms with E-state index in [9.17, 15) is 10.5 Å². The van der Waals surface area contributed by atoms with Gasteiger partial charge in [-0.3, -0.25) is 0 Å². The lowest BCUT2D eigenvalue weighted by atomic mass is 9.54. The molecule has 7 heteroatoms. The second-order valence-corrected chi connectivity index (χ2v) is 10.0. The Hall–Kier alpha value is -4.30. The Labute approximate surface area is 211 Å². The van der Waals surface area contributed by atoms with Crippen molar-refractivity contribution < 1.29 is 0 Å². The van der Waals surface area contributed by atoms with Crippen LogP contribution in [0, 0.1) is 22.7 Å². The van der Waals surface area contributed by atoms with E-state index in [4.69, 9.17) is 0 Å². The molecule has 2 aliphatic heterocycles. The Balaban J connectivity index is 1.54. The maximum Gasteiger partial charge on any atom is 0.421 e. The number of fused-ring (bicyclic) bond motifs is 4. The number of hydrogen-bond acceptors (Lipinski definition) is 6. The van der Waals surface area contributed by atoms with Crippen LogP contribution in [0.25, 0.3) is 22.3 Å². The van der Waals surface area contributed by atoms with Crippen molar-refractivity contribution in [1.29, 1.82) is 10.5 Å². The van der Waals surface area contributed by atoms with Gasteiger partial charge in [0.15, 0.2) is 0 Å². The molecule has 4 nitrogen and oxygen atoms in total. The number of benzene rings is 3. The number of rotatable bonds is 2. The van der Waals surface area contributed by atoms with Gasteiger partial charge in [-0.25, -0.2) is 0 Å². The van der Waals surface area contributed by atoms with E-state index in [1.54, 1.807) is 22.7 Å². The molecule has 0 atom stereocenters. The van der Waals surface area contributed by atoms with Crippen LogP contribution >= 0.6 is 22.7 Å². The maximum absolute atomic E-state index is 9.36. The Morgan fingerprint density at radius 3 is 1.46 bits per heavy atom. The summed E-state index contributed by atoms with van der Waals surface area (Å²) in [5.41, 5.74) is 11.9. The Kier molecular flexibility index (Phi) is 4.37. The van der Waals surface area contributed by atoms with Crippen LogP contribution in [0.5, 0.6) is 0 Å². The van der Waals surface area contributed by atoms with Crippen LogP contribution in [0.2, 0.25) is 0 Å². The van der Waals surface area contributed by atoms with Gasteiger partial charge in [-0.2, -0.15) is 10.5 Å². The third kappa shape index (κ3) is 2.83. The first-order valence-electron chi connectivity index (χ1n) is 11.1. The molecule has 5 aromatic rings. The first kappa shape index (κ1) is 20.1. The lowest BCUT2D eigenvalue weighted by molar-refractivity contribution is 1.28. The monoisotopic (exact) mass is 482 g/mol. The molecule has 4 heterocycles. The summed E-state index contributed by atoms with van der Waals surface area (Å²) in [7, 11) is 0. The standard InChI is InChI=1S/C28H15BN4S2/c30-12-18-4-8-20(9-5-18)32-26-16-34-14-24(26)22-2-1-3-23-25-15-35-17-27(25)33(29(32)28(22)23)21-10-6-19(13-31)7-11-21/h1-11,14-17H. The highest BCUT2D eigenvalue weighted by molar-refractivity contribution is 7.10. The molecule has 0 spiro atoms. The van der Waals surface area contributed by atoms with Gasteiger partial charge in [-0.15, -0.1) is 22.7 Å². The van der Waals surface area contributed by atoms with Crippen molar-refractivity contribution in [2.75, 3.05) is 9.62 Å². The highest BCUT2D eigenvalue weighted by Crippen LogP contribution is 2.50. The summed E-state index contributed by atoms with van der Waals surface area (Å²) in [5, 5.41) is 27.6. The van der Waals surface area contributed by atoms with Gasteiger partial charge in [-0.05, 0) is 65.1 Å². The third-order valence-corrected chi connectivity index (χ3v) is 8.25. The number of hydrogen-bond donors (Lipinski definition) is 0. The fourth-order valence-corrected chi connectivity index (χ4v) is 6.90. The van der Waals surface area contributed by atoms with E-state index in [-0.39, 0.29) is 6.98 Å². The first-order valence-corrected chi connectivity index (χ1v) is 13.0. The highest BCUT2D eigenvalue weighted by atomic mass is 32.1. The zero-order chi connectivity index (χ0) is 23.5. The summed E-state index contributed by atoms with van der Waals surface area (Å²) < 4.78 is 0. The van der Waals surface area contributed by atoms with Gasteiger partial charge in [0.1, 0.15) is 0 Å². The Morgan fingerprint density at radius 1 is 0.571 bits per heavy atom. The summed E-state index contributed by atoms with van der Waals surface area (Å²) in [5.74, 6) is 0. The molecule has 0 amide bonds. The van der Waals surface area contributed by atoms with Crippen molar-refractivity contribution in [3.05, 3.63) is 99.4 Å². The van der Waals surface area contributed by atoms with Crippen LogP contribution in [-0.2, 0) is 0 Å². The molecule has 2 aromatic heterocycles. The molecule has 0 bridgehead atoms.